The van der Waals surface area contributed by atoms with E-state index in [1.807, 2.05) is 0 Å². The van der Waals surface area contributed by atoms with Gasteiger partial charge in [-0.1, -0.05) is 24.3 Å². The van der Waals surface area contributed by atoms with Crippen LogP contribution < -0.4 is 9.47 Å². The lowest BCUT2D eigenvalue weighted by Gasteiger charge is -2.15. The first-order chi connectivity index (χ1) is 11.9. The highest BCUT2D eigenvalue weighted by Gasteiger charge is 2.32. The largest absolute Gasteiger partial charge is 0.497 e. The number of carbonyl (C=O) groups is 1. The van der Waals surface area contributed by atoms with Crippen molar-refractivity contribution in [2.45, 2.75) is 5.51 Å². The molecular weight excluding hydrogens is 353 g/mol. The Balaban J connectivity index is 2.71. The average Bonchev–Trinajstić information content (AvgIpc) is 2.60. The maximum Gasteiger partial charge on any atom is 0.446 e. The Kier molecular flexibility index (Phi) is 6.14. The van der Waals surface area contributed by atoms with Crippen LogP contribution in [0.4, 0.5) is 13.2 Å². The van der Waals surface area contributed by atoms with Crippen molar-refractivity contribution < 1.29 is 27.4 Å². The molecule has 0 saturated carbocycles. The molecular formula is C18H15F3O3S. The van der Waals surface area contributed by atoms with Gasteiger partial charge in [0.05, 0.1) is 19.1 Å². The quantitative estimate of drug-likeness (QED) is 0.536. The minimum Gasteiger partial charge on any atom is -0.497 e. The predicted molar refractivity (Wildman–Crippen MR) is 91.7 cm³/mol. The number of thioether (sulfide) groups is 1. The number of hydrogen-bond donors (Lipinski definition) is 0. The van der Waals surface area contributed by atoms with Gasteiger partial charge in [0.15, 0.2) is 6.29 Å². The zero-order valence-corrected chi connectivity index (χ0v) is 14.3. The Morgan fingerprint density at radius 2 is 1.44 bits per heavy atom. The van der Waals surface area contributed by atoms with Gasteiger partial charge in [-0.05, 0) is 47.2 Å². The molecule has 0 saturated heterocycles. The Morgan fingerprint density at radius 3 is 1.80 bits per heavy atom. The van der Waals surface area contributed by atoms with E-state index in [1.165, 1.54) is 14.2 Å². The summed E-state index contributed by atoms with van der Waals surface area (Å²) in [5.41, 5.74) is -3.55. The first kappa shape index (κ1) is 18.9. The summed E-state index contributed by atoms with van der Waals surface area (Å²) in [5, 5.41) is 0. The normalized spacial score (nSPS) is 10.9. The number of alkyl halides is 3. The minimum absolute atomic E-state index is 0.162. The Labute approximate surface area is 147 Å². The molecule has 25 heavy (non-hydrogen) atoms. The van der Waals surface area contributed by atoms with Gasteiger partial charge in [-0.2, -0.15) is 13.2 Å². The molecule has 0 unspecified atom stereocenters. The number of methoxy groups -OCH3 is 2. The van der Waals surface area contributed by atoms with E-state index in [4.69, 9.17) is 9.47 Å². The van der Waals surface area contributed by atoms with Gasteiger partial charge in [-0.3, -0.25) is 4.79 Å². The number of ether oxygens (including phenoxy) is 2. The van der Waals surface area contributed by atoms with Crippen molar-refractivity contribution in [2.24, 2.45) is 0 Å². The third kappa shape index (κ3) is 5.03. The minimum atomic E-state index is -4.58. The van der Waals surface area contributed by atoms with Crippen molar-refractivity contribution in [3.05, 3.63) is 64.6 Å². The highest BCUT2D eigenvalue weighted by Crippen LogP contribution is 2.41. The number of aldehydes is 1. The van der Waals surface area contributed by atoms with E-state index in [0.29, 0.717) is 22.6 Å². The molecule has 0 aliphatic carbocycles. The summed E-state index contributed by atoms with van der Waals surface area (Å²) in [7, 11) is 2.91. The summed E-state index contributed by atoms with van der Waals surface area (Å²) in [6.07, 6.45) is 0.215. The molecule has 2 aromatic carbocycles. The van der Waals surface area contributed by atoms with Gasteiger partial charge in [-0.15, -0.1) is 0 Å². The van der Waals surface area contributed by atoms with Crippen LogP contribution in [-0.4, -0.2) is 26.0 Å². The summed E-state index contributed by atoms with van der Waals surface area (Å²) in [6, 6.07) is 13.0. The van der Waals surface area contributed by atoms with Crippen molar-refractivity contribution in [1.82, 2.24) is 0 Å². The van der Waals surface area contributed by atoms with E-state index in [9.17, 15) is 18.0 Å². The second kappa shape index (κ2) is 8.11. The van der Waals surface area contributed by atoms with E-state index >= 15 is 0 Å². The van der Waals surface area contributed by atoms with Crippen LogP contribution in [0.15, 0.2) is 53.4 Å². The van der Waals surface area contributed by atoms with Crippen molar-refractivity contribution in [2.75, 3.05) is 14.2 Å². The molecule has 7 heteroatoms. The lowest BCUT2D eigenvalue weighted by molar-refractivity contribution is -0.104. The number of hydrogen-bond acceptors (Lipinski definition) is 4. The Bertz CT molecular complexity index is 736. The van der Waals surface area contributed by atoms with Crippen LogP contribution in [0.1, 0.15) is 11.1 Å². The van der Waals surface area contributed by atoms with E-state index in [0.717, 1.165) is 0 Å². The molecule has 0 heterocycles. The van der Waals surface area contributed by atoms with Gasteiger partial charge in [0, 0.05) is 5.57 Å². The van der Waals surface area contributed by atoms with Gasteiger partial charge >= 0.3 is 5.51 Å². The van der Waals surface area contributed by atoms with Gasteiger partial charge in [0.1, 0.15) is 11.5 Å². The van der Waals surface area contributed by atoms with E-state index in [-0.39, 0.29) is 11.9 Å². The molecule has 0 amide bonds. The molecule has 0 spiro atoms. The van der Waals surface area contributed by atoms with E-state index < -0.39 is 22.2 Å². The van der Waals surface area contributed by atoms with Crippen LogP contribution in [-0.2, 0) is 4.79 Å². The second-order valence-corrected chi connectivity index (χ2v) is 5.98. The summed E-state index contributed by atoms with van der Waals surface area (Å²) in [6.45, 7) is 0. The number of allylic oxidation sites excluding steroid dienone is 1. The number of rotatable bonds is 6. The predicted octanol–water partition coefficient (Wildman–Crippen LogP) is 4.92. The summed E-state index contributed by atoms with van der Waals surface area (Å²) < 4.78 is 49.0. The monoisotopic (exact) mass is 368 g/mol. The van der Waals surface area contributed by atoms with Gasteiger partial charge in [-0.25, -0.2) is 0 Å². The first-order valence-corrected chi connectivity index (χ1v) is 7.93. The molecule has 0 aliphatic rings. The van der Waals surface area contributed by atoms with Crippen LogP contribution in [0.3, 0.4) is 0 Å². The number of benzene rings is 2. The molecule has 2 aromatic rings. The van der Waals surface area contributed by atoms with Crippen molar-refractivity contribution in [1.29, 1.82) is 0 Å². The Morgan fingerprint density at radius 1 is 0.960 bits per heavy atom. The second-order valence-electron chi connectivity index (χ2n) is 4.87. The molecule has 0 aliphatic heterocycles. The van der Waals surface area contributed by atoms with Gasteiger partial charge in [0.25, 0.3) is 0 Å². The molecule has 0 radical (unpaired) electrons. The third-order valence-corrected chi connectivity index (χ3v) is 4.05. The first-order valence-electron chi connectivity index (χ1n) is 7.12. The molecule has 132 valence electrons. The summed E-state index contributed by atoms with van der Waals surface area (Å²) in [5.74, 6) is 0.945. The van der Waals surface area contributed by atoms with Gasteiger partial charge in [0.2, 0.25) is 0 Å². The van der Waals surface area contributed by atoms with Crippen LogP contribution >= 0.6 is 11.8 Å². The standard InChI is InChI=1S/C18H15F3O3S/c1-23-14-7-3-5-12(9-14)17(16(11-22)25-18(19,20)21)13-6-4-8-15(10-13)24-2/h3-11H,1-2H3. The molecule has 0 N–H and O–H groups in total. The molecule has 0 aromatic heterocycles. The summed E-state index contributed by atoms with van der Waals surface area (Å²) in [4.78, 5) is 11.0. The van der Waals surface area contributed by atoms with Crippen LogP contribution in [0.2, 0.25) is 0 Å². The fourth-order valence-electron chi connectivity index (χ4n) is 2.27. The van der Waals surface area contributed by atoms with E-state index in [1.54, 1.807) is 48.5 Å². The number of halogens is 3. The zero-order chi connectivity index (χ0) is 18.4. The number of carbonyl (C=O) groups excluding carboxylic acids is 1. The van der Waals surface area contributed by atoms with E-state index in [2.05, 4.69) is 0 Å². The van der Waals surface area contributed by atoms with Gasteiger partial charge < -0.3 is 9.47 Å². The lowest BCUT2D eigenvalue weighted by Crippen LogP contribution is -2.04. The summed E-state index contributed by atoms with van der Waals surface area (Å²) >= 11 is -0.444. The van der Waals surface area contributed by atoms with Crippen LogP contribution in [0.5, 0.6) is 11.5 Å². The Hall–Kier alpha value is -2.41. The fourth-order valence-corrected chi connectivity index (χ4v) is 2.90. The highest BCUT2D eigenvalue weighted by atomic mass is 32.2. The van der Waals surface area contributed by atoms with Crippen molar-refractivity contribution in [3.63, 3.8) is 0 Å². The lowest BCUT2D eigenvalue weighted by atomic mass is 9.97. The topological polar surface area (TPSA) is 35.5 Å². The third-order valence-electron chi connectivity index (χ3n) is 3.30. The van der Waals surface area contributed by atoms with Crippen LogP contribution in [0, 0.1) is 0 Å². The maximum absolute atomic E-state index is 12.9. The fraction of sp³-hybridized carbons (Fsp3) is 0.167. The van der Waals surface area contributed by atoms with Crippen molar-refractivity contribution >= 4 is 23.6 Å². The molecule has 3 nitrogen and oxygen atoms in total. The van der Waals surface area contributed by atoms with Crippen LogP contribution in [0.25, 0.3) is 5.57 Å². The smallest absolute Gasteiger partial charge is 0.446 e. The molecule has 0 fully saturated rings. The maximum atomic E-state index is 12.9. The molecule has 0 bridgehead atoms. The average molecular weight is 368 g/mol. The SMILES string of the molecule is COc1cccc(C(=C(C=O)SC(F)(F)F)c2cccc(OC)c2)c1. The molecule has 2 rings (SSSR count). The van der Waals surface area contributed by atoms with Crippen molar-refractivity contribution in [3.8, 4) is 11.5 Å². The highest BCUT2D eigenvalue weighted by molar-refractivity contribution is 8.04. The molecule has 0 atom stereocenters. The zero-order valence-electron chi connectivity index (χ0n) is 13.5.